The van der Waals surface area contributed by atoms with E-state index in [0.29, 0.717) is 17.7 Å². The Hall–Kier alpha value is -2.77. The van der Waals surface area contributed by atoms with Crippen LogP contribution in [0.1, 0.15) is 28.8 Å². The summed E-state index contributed by atoms with van der Waals surface area (Å²) in [6.07, 6.45) is 1.67. The summed E-state index contributed by atoms with van der Waals surface area (Å²) in [4.78, 5) is 17.8. The third-order valence-electron chi connectivity index (χ3n) is 4.38. The van der Waals surface area contributed by atoms with Crippen LogP contribution in [0.2, 0.25) is 0 Å². The summed E-state index contributed by atoms with van der Waals surface area (Å²) in [5.74, 6) is -0.896. The van der Waals surface area contributed by atoms with Crippen molar-refractivity contribution < 1.29 is 14.3 Å². The highest BCUT2D eigenvalue weighted by Gasteiger charge is 2.47. The van der Waals surface area contributed by atoms with Crippen LogP contribution in [-0.4, -0.2) is 32.5 Å². The van der Waals surface area contributed by atoms with E-state index in [0.717, 1.165) is 12.8 Å². The van der Waals surface area contributed by atoms with E-state index in [1.54, 1.807) is 26.4 Å². The van der Waals surface area contributed by atoms with Crippen LogP contribution in [0, 0.1) is 5.92 Å². The first-order valence-corrected chi connectivity index (χ1v) is 7.67. The van der Waals surface area contributed by atoms with Crippen molar-refractivity contribution in [2.75, 3.05) is 20.8 Å². The van der Waals surface area contributed by atoms with Gasteiger partial charge in [-0.25, -0.2) is 0 Å². The number of ether oxygens (including phenoxy) is 2. The van der Waals surface area contributed by atoms with Gasteiger partial charge in [0.15, 0.2) is 5.79 Å². The Balaban J connectivity index is 2.11. The molecule has 1 aromatic rings. The summed E-state index contributed by atoms with van der Waals surface area (Å²) >= 11 is 0. The molecule has 25 heavy (non-hydrogen) atoms. The molecular weight excluding hydrogens is 326 g/mol. The Morgan fingerprint density at radius 2 is 2.08 bits per heavy atom. The summed E-state index contributed by atoms with van der Waals surface area (Å²) in [7, 11) is 3.17. The number of carbonyl (C=O) groups excluding carboxylic acids is 1. The number of nitrogens with zero attached hydrogens (tertiary/aromatic N) is 6. The predicted octanol–water partition coefficient (Wildman–Crippen LogP) is 3.57. The van der Waals surface area contributed by atoms with Crippen molar-refractivity contribution in [3.8, 4) is 0 Å². The zero-order valence-corrected chi connectivity index (χ0v) is 14.0. The normalized spacial score (nSPS) is 17.6. The van der Waals surface area contributed by atoms with Crippen molar-refractivity contribution in [2.45, 2.75) is 25.2 Å². The molecule has 1 saturated carbocycles. The molecule has 0 heterocycles. The van der Waals surface area contributed by atoms with Gasteiger partial charge in [0, 0.05) is 54.2 Å². The lowest BCUT2D eigenvalue weighted by Gasteiger charge is -2.46. The number of benzene rings is 1. The molecule has 132 valence electrons. The summed E-state index contributed by atoms with van der Waals surface area (Å²) in [6, 6.07) is 4.65. The lowest BCUT2D eigenvalue weighted by molar-refractivity contribution is -0.284. The van der Waals surface area contributed by atoms with E-state index in [9.17, 15) is 4.79 Å². The molecule has 1 aliphatic rings. The minimum absolute atomic E-state index is 0.0602. The van der Waals surface area contributed by atoms with E-state index in [4.69, 9.17) is 20.5 Å². The van der Waals surface area contributed by atoms with Gasteiger partial charge in [-0.05, 0) is 41.2 Å². The minimum atomic E-state index is -0.646. The van der Waals surface area contributed by atoms with Gasteiger partial charge in [0.1, 0.15) is 0 Å². The molecule has 0 aromatic heterocycles. The second-order valence-electron chi connectivity index (χ2n) is 5.63. The largest absolute Gasteiger partial charge is 0.353 e. The van der Waals surface area contributed by atoms with Crippen molar-refractivity contribution >= 4 is 11.6 Å². The standard InChI is InChI=1S/C15H19N7O3/c1-24-15(25-2)4-3-12(15)9-18-14(23)11-5-10(8-19-21-16)6-13(7-11)20-22-17/h5-7,12H,3-4,8-9H2,1-2H3,(H,18,23). The van der Waals surface area contributed by atoms with Crippen molar-refractivity contribution in [1.29, 1.82) is 0 Å². The molecule has 1 unspecified atom stereocenters. The smallest absolute Gasteiger partial charge is 0.251 e. The molecule has 0 radical (unpaired) electrons. The Morgan fingerprint density at radius 3 is 2.64 bits per heavy atom. The molecule has 2 rings (SSSR count). The first-order chi connectivity index (χ1) is 12.1. The molecule has 0 bridgehead atoms. The average Bonchev–Trinajstić information content (AvgIpc) is 2.60. The van der Waals surface area contributed by atoms with Crippen LogP contribution in [0.5, 0.6) is 0 Å². The maximum Gasteiger partial charge on any atom is 0.251 e. The Kier molecular flexibility index (Phi) is 6.21. The lowest BCUT2D eigenvalue weighted by Crippen LogP contribution is -2.54. The first-order valence-electron chi connectivity index (χ1n) is 7.67. The fourth-order valence-corrected chi connectivity index (χ4v) is 2.90. The van der Waals surface area contributed by atoms with Gasteiger partial charge in [-0.1, -0.05) is 10.2 Å². The molecule has 0 spiro atoms. The maximum atomic E-state index is 12.4. The number of carbonyl (C=O) groups is 1. The monoisotopic (exact) mass is 345 g/mol. The molecule has 1 atom stereocenters. The van der Waals surface area contributed by atoms with Crippen LogP contribution in [0.3, 0.4) is 0 Å². The molecule has 1 amide bonds. The fraction of sp³-hybridized carbons (Fsp3) is 0.533. The van der Waals surface area contributed by atoms with Gasteiger partial charge in [0.05, 0.1) is 6.54 Å². The number of amides is 1. The Bertz CT molecular complexity index is 729. The van der Waals surface area contributed by atoms with Crippen LogP contribution in [0.15, 0.2) is 28.4 Å². The molecule has 1 aliphatic carbocycles. The Morgan fingerprint density at radius 1 is 1.32 bits per heavy atom. The third kappa shape index (κ3) is 4.20. The predicted molar refractivity (Wildman–Crippen MR) is 89.9 cm³/mol. The zero-order chi connectivity index (χ0) is 18.3. The molecule has 10 nitrogen and oxygen atoms in total. The van der Waals surface area contributed by atoms with Gasteiger partial charge in [0.2, 0.25) is 0 Å². The molecule has 1 aromatic carbocycles. The maximum absolute atomic E-state index is 12.4. The van der Waals surface area contributed by atoms with E-state index < -0.39 is 5.79 Å². The van der Waals surface area contributed by atoms with E-state index in [2.05, 4.69) is 25.4 Å². The van der Waals surface area contributed by atoms with Gasteiger partial charge in [-0.3, -0.25) is 4.79 Å². The van der Waals surface area contributed by atoms with Gasteiger partial charge in [-0.2, -0.15) is 0 Å². The molecular formula is C15H19N7O3. The number of methoxy groups -OCH3 is 2. The van der Waals surface area contributed by atoms with E-state index in [1.807, 2.05) is 0 Å². The SMILES string of the molecule is COC1(OC)CCC1CNC(=O)c1cc(CN=[N+]=[N-])cc(N=[N+]=[N-])c1. The van der Waals surface area contributed by atoms with Gasteiger partial charge < -0.3 is 14.8 Å². The number of nitrogens with one attached hydrogen (secondary N) is 1. The molecule has 10 heteroatoms. The van der Waals surface area contributed by atoms with Crippen LogP contribution in [-0.2, 0) is 16.0 Å². The van der Waals surface area contributed by atoms with Gasteiger partial charge in [0.25, 0.3) is 5.91 Å². The number of hydrogen-bond acceptors (Lipinski definition) is 5. The molecule has 0 aliphatic heterocycles. The minimum Gasteiger partial charge on any atom is -0.353 e. The van der Waals surface area contributed by atoms with Crippen molar-refractivity contribution in [2.24, 2.45) is 16.1 Å². The summed E-state index contributed by atoms with van der Waals surface area (Å²) in [5.41, 5.74) is 18.2. The molecule has 1 fully saturated rings. The first kappa shape index (κ1) is 18.6. The molecule has 1 N–H and O–H groups in total. The highest BCUT2D eigenvalue weighted by atomic mass is 16.7. The van der Waals surface area contributed by atoms with Crippen molar-refractivity contribution in [1.82, 2.24) is 5.32 Å². The van der Waals surface area contributed by atoms with E-state index in [1.165, 1.54) is 6.07 Å². The van der Waals surface area contributed by atoms with Crippen LogP contribution in [0.25, 0.3) is 20.9 Å². The molecule has 0 saturated heterocycles. The topological polar surface area (TPSA) is 145 Å². The highest BCUT2D eigenvalue weighted by Crippen LogP contribution is 2.41. The van der Waals surface area contributed by atoms with Crippen LogP contribution in [0.4, 0.5) is 5.69 Å². The van der Waals surface area contributed by atoms with Crippen molar-refractivity contribution in [3.63, 3.8) is 0 Å². The second kappa shape index (κ2) is 8.36. The average molecular weight is 345 g/mol. The van der Waals surface area contributed by atoms with Gasteiger partial charge >= 0.3 is 0 Å². The quantitative estimate of drug-likeness (QED) is 0.332. The van der Waals surface area contributed by atoms with E-state index in [-0.39, 0.29) is 24.1 Å². The van der Waals surface area contributed by atoms with Crippen LogP contribution >= 0.6 is 0 Å². The third-order valence-corrected chi connectivity index (χ3v) is 4.38. The summed E-state index contributed by atoms with van der Waals surface area (Å²) in [5, 5.41) is 9.82. The fourth-order valence-electron chi connectivity index (χ4n) is 2.90. The lowest BCUT2D eigenvalue weighted by atomic mass is 9.77. The van der Waals surface area contributed by atoms with Crippen LogP contribution < -0.4 is 5.32 Å². The Labute approximate surface area is 144 Å². The van der Waals surface area contributed by atoms with Gasteiger partial charge in [-0.15, -0.1) is 0 Å². The number of hydrogen-bond donors (Lipinski definition) is 1. The second-order valence-corrected chi connectivity index (χ2v) is 5.63. The summed E-state index contributed by atoms with van der Waals surface area (Å²) in [6.45, 7) is 0.461. The summed E-state index contributed by atoms with van der Waals surface area (Å²) < 4.78 is 10.8. The van der Waals surface area contributed by atoms with E-state index >= 15 is 0 Å². The number of azide groups is 2. The highest BCUT2D eigenvalue weighted by molar-refractivity contribution is 5.95. The van der Waals surface area contributed by atoms with Crippen molar-refractivity contribution in [3.05, 3.63) is 50.2 Å². The zero-order valence-electron chi connectivity index (χ0n) is 14.0. The number of rotatable bonds is 8.